The van der Waals surface area contributed by atoms with Gasteiger partial charge in [0.25, 0.3) is 5.91 Å². The molecule has 2 heterocycles. The zero-order chi connectivity index (χ0) is 16.4. The first-order valence-corrected chi connectivity index (χ1v) is 6.90. The Kier molecular flexibility index (Phi) is 4.21. The van der Waals surface area contributed by atoms with Crippen molar-refractivity contribution in [3.63, 3.8) is 0 Å². The Balaban J connectivity index is 0.000000164. The Bertz CT molecular complexity index is 829. The molecule has 0 fully saturated rings. The molecule has 0 unspecified atom stereocenters. The molecule has 22 heavy (non-hydrogen) atoms. The number of fused-ring (bicyclic) bond motifs is 1. The highest BCUT2D eigenvalue weighted by molar-refractivity contribution is 5.95. The van der Waals surface area contributed by atoms with Crippen LogP contribution in [0.3, 0.4) is 0 Å². The van der Waals surface area contributed by atoms with Gasteiger partial charge in [-0.25, -0.2) is 4.98 Å². The first kappa shape index (κ1) is 15.6. The molecule has 6 nitrogen and oxygen atoms in total. The molecule has 0 saturated carbocycles. The van der Waals surface area contributed by atoms with E-state index >= 15 is 0 Å². The van der Waals surface area contributed by atoms with E-state index in [9.17, 15) is 4.79 Å². The van der Waals surface area contributed by atoms with Crippen LogP contribution in [0.15, 0.2) is 30.7 Å². The molecule has 0 aliphatic rings. The molecular formula is C16H21N5O. The number of hydrogen-bond acceptors (Lipinski definition) is 3. The van der Waals surface area contributed by atoms with Crippen LogP contribution < -0.4 is 11.5 Å². The fourth-order valence-corrected chi connectivity index (χ4v) is 2.36. The van der Waals surface area contributed by atoms with Gasteiger partial charge in [0.2, 0.25) is 0 Å². The molecule has 4 N–H and O–H groups in total. The monoisotopic (exact) mass is 299 g/mol. The molecule has 3 rings (SSSR count). The van der Waals surface area contributed by atoms with Crippen molar-refractivity contribution in [3.05, 3.63) is 47.5 Å². The van der Waals surface area contributed by atoms with E-state index in [-0.39, 0.29) is 5.69 Å². The van der Waals surface area contributed by atoms with Gasteiger partial charge in [0.05, 0.1) is 6.33 Å². The third kappa shape index (κ3) is 2.95. The highest BCUT2D eigenvalue weighted by Gasteiger charge is 2.09. The van der Waals surface area contributed by atoms with Crippen LogP contribution in [-0.2, 0) is 14.1 Å². The molecule has 1 aromatic carbocycles. The Morgan fingerprint density at radius 3 is 2.36 bits per heavy atom. The molecule has 6 heteroatoms. The lowest BCUT2D eigenvalue weighted by Gasteiger charge is -2.01. The van der Waals surface area contributed by atoms with E-state index < -0.39 is 5.91 Å². The summed E-state index contributed by atoms with van der Waals surface area (Å²) in [7, 11) is 3.77. The van der Waals surface area contributed by atoms with Gasteiger partial charge in [0.1, 0.15) is 5.82 Å². The number of primary amides is 1. The van der Waals surface area contributed by atoms with Crippen LogP contribution in [0.4, 0.5) is 5.82 Å². The lowest BCUT2D eigenvalue weighted by molar-refractivity contribution is 0.0997. The van der Waals surface area contributed by atoms with E-state index in [4.69, 9.17) is 11.5 Å². The number of aryl methyl sites for hydroxylation is 4. The Hall–Kier alpha value is -2.76. The van der Waals surface area contributed by atoms with Crippen LogP contribution in [0.25, 0.3) is 10.9 Å². The second-order valence-corrected chi connectivity index (χ2v) is 5.39. The van der Waals surface area contributed by atoms with Gasteiger partial charge in [-0.3, -0.25) is 4.79 Å². The number of imidazole rings is 1. The van der Waals surface area contributed by atoms with Crippen LogP contribution in [0.2, 0.25) is 0 Å². The Labute approximate surface area is 129 Å². The Morgan fingerprint density at radius 1 is 1.18 bits per heavy atom. The Morgan fingerprint density at radius 2 is 1.86 bits per heavy atom. The number of benzene rings is 1. The lowest BCUT2D eigenvalue weighted by Crippen LogP contribution is -2.14. The maximum Gasteiger partial charge on any atom is 0.271 e. The normalized spacial score (nSPS) is 10.4. The van der Waals surface area contributed by atoms with Gasteiger partial charge in [-0.05, 0) is 37.1 Å². The minimum absolute atomic E-state index is 0.127. The summed E-state index contributed by atoms with van der Waals surface area (Å²) in [4.78, 5) is 14.2. The van der Waals surface area contributed by atoms with Crippen molar-refractivity contribution in [2.45, 2.75) is 13.8 Å². The first-order valence-electron chi connectivity index (χ1n) is 6.90. The van der Waals surface area contributed by atoms with Crippen molar-refractivity contribution in [1.29, 1.82) is 0 Å². The molecule has 0 radical (unpaired) electrons. The van der Waals surface area contributed by atoms with Gasteiger partial charge in [-0.15, -0.1) is 0 Å². The minimum Gasteiger partial charge on any atom is -0.383 e. The van der Waals surface area contributed by atoms with Crippen molar-refractivity contribution in [2.75, 3.05) is 5.73 Å². The summed E-state index contributed by atoms with van der Waals surface area (Å²) in [5.74, 6) is -0.300. The van der Waals surface area contributed by atoms with Crippen molar-refractivity contribution in [1.82, 2.24) is 14.1 Å². The summed E-state index contributed by atoms with van der Waals surface area (Å²) in [5.41, 5.74) is 14.5. The van der Waals surface area contributed by atoms with E-state index in [2.05, 4.69) is 54.8 Å². The minimum atomic E-state index is -0.599. The largest absolute Gasteiger partial charge is 0.383 e. The quantitative estimate of drug-likeness (QED) is 0.718. The summed E-state index contributed by atoms with van der Waals surface area (Å²) in [6.07, 6.45) is 3.55. The molecule has 0 bridgehead atoms. The van der Waals surface area contributed by atoms with Gasteiger partial charge in [-0.2, -0.15) is 0 Å². The molecule has 0 spiro atoms. The van der Waals surface area contributed by atoms with Crippen molar-refractivity contribution >= 4 is 22.6 Å². The third-order valence-corrected chi connectivity index (χ3v) is 3.57. The maximum atomic E-state index is 10.5. The zero-order valence-electron chi connectivity index (χ0n) is 13.3. The SMILES string of the molecule is Cc1cc(C)c2ccn(C)c2c1.Cn1cnc(C(N)=O)c1N. The molecular weight excluding hydrogens is 278 g/mol. The standard InChI is InChI=1S/C11H13N.C5H8N4O/c1-8-6-9(2)10-4-5-12(3)11(10)7-8;1-9-2-8-3(4(9)6)5(7)10/h4-7H,1-3H3;2H,6H2,1H3,(H2,7,10). The molecule has 0 aliphatic heterocycles. The highest BCUT2D eigenvalue weighted by Crippen LogP contribution is 2.20. The molecule has 0 aliphatic carbocycles. The number of carbonyl (C=O) groups is 1. The van der Waals surface area contributed by atoms with E-state index in [1.807, 2.05) is 0 Å². The number of hydrogen-bond donors (Lipinski definition) is 2. The molecule has 3 aromatic rings. The van der Waals surface area contributed by atoms with E-state index in [1.165, 1.54) is 32.9 Å². The van der Waals surface area contributed by atoms with Crippen molar-refractivity contribution in [3.8, 4) is 0 Å². The fraction of sp³-hybridized carbons (Fsp3) is 0.250. The van der Waals surface area contributed by atoms with E-state index in [0.29, 0.717) is 5.82 Å². The van der Waals surface area contributed by atoms with Gasteiger partial charge >= 0.3 is 0 Å². The predicted molar refractivity (Wildman–Crippen MR) is 88.5 cm³/mol. The highest BCUT2D eigenvalue weighted by atomic mass is 16.1. The average molecular weight is 299 g/mol. The number of anilines is 1. The number of nitrogens with two attached hydrogens (primary N) is 2. The fourth-order valence-electron chi connectivity index (χ4n) is 2.36. The average Bonchev–Trinajstić information content (AvgIpc) is 2.96. The number of carbonyl (C=O) groups excluding carboxylic acids is 1. The number of nitrogens with zero attached hydrogens (tertiary/aromatic N) is 3. The summed E-state index contributed by atoms with van der Waals surface area (Å²) in [6.45, 7) is 4.30. The van der Waals surface area contributed by atoms with Crippen LogP contribution >= 0.6 is 0 Å². The summed E-state index contributed by atoms with van der Waals surface area (Å²) in [6, 6.07) is 6.62. The van der Waals surface area contributed by atoms with Crippen LogP contribution in [0.1, 0.15) is 21.6 Å². The van der Waals surface area contributed by atoms with Crippen molar-refractivity contribution in [2.24, 2.45) is 19.8 Å². The smallest absolute Gasteiger partial charge is 0.271 e. The molecule has 0 atom stereocenters. The number of amides is 1. The van der Waals surface area contributed by atoms with Crippen LogP contribution in [0.5, 0.6) is 0 Å². The molecule has 2 aromatic heterocycles. The van der Waals surface area contributed by atoms with Crippen LogP contribution in [0, 0.1) is 13.8 Å². The number of aromatic nitrogens is 3. The maximum absolute atomic E-state index is 10.5. The summed E-state index contributed by atoms with van der Waals surface area (Å²) >= 11 is 0. The summed E-state index contributed by atoms with van der Waals surface area (Å²) < 4.78 is 3.69. The molecule has 0 saturated heterocycles. The van der Waals surface area contributed by atoms with Gasteiger partial charge in [0.15, 0.2) is 5.69 Å². The zero-order valence-corrected chi connectivity index (χ0v) is 13.3. The second kappa shape index (κ2) is 5.93. The van der Waals surface area contributed by atoms with Gasteiger partial charge < -0.3 is 20.6 Å². The first-order chi connectivity index (χ1) is 10.3. The van der Waals surface area contributed by atoms with Crippen LogP contribution in [-0.4, -0.2) is 20.0 Å². The third-order valence-electron chi connectivity index (χ3n) is 3.57. The molecule has 116 valence electrons. The lowest BCUT2D eigenvalue weighted by atomic mass is 10.1. The van der Waals surface area contributed by atoms with Gasteiger partial charge in [-0.1, -0.05) is 6.07 Å². The number of rotatable bonds is 1. The predicted octanol–water partition coefficient (Wildman–Crippen LogP) is 1.90. The molecule has 1 amide bonds. The van der Waals surface area contributed by atoms with Gasteiger partial charge in [0, 0.05) is 31.2 Å². The number of nitrogen functional groups attached to an aromatic ring is 1. The topological polar surface area (TPSA) is 91.9 Å². The summed E-state index contributed by atoms with van der Waals surface area (Å²) in [5, 5.41) is 1.36. The second-order valence-electron chi connectivity index (χ2n) is 5.39. The van der Waals surface area contributed by atoms with E-state index in [0.717, 1.165) is 0 Å². The van der Waals surface area contributed by atoms with Crippen molar-refractivity contribution < 1.29 is 4.79 Å². The van der Waals surface area contributed by atoms with E-state index in [1.54, 1.807) is 7.05 Å².